The highest BCUT2D eigenvalue weighted by atomic mass is 35.5. The lowest BCUT2D eigenvalue weighted by Gasteiger charge is -2.44. The molecule has 0 bridgehead atoms. The second kappa shape index (κ2) is 12.4. The number of nitrogens with zero attached hydrogens (tertiary/aromatic N) is 1. The second-order valence-electron chi connectivity index (χ2n) is 9.01. The highest BCUT2D eigenvalue weighted by Gasteiger charge is 2.40. The van der Waals surface area contributed by atoms with E-state index in [4.69, 9.17) is 25.8 Å². The molecule has 2 aliphatic heterocycles. The predicted octanol–water partition coefficient (Wildman–Crippen LogP) is 3.20. The summed E-state index contributed by atoms with van der Waals surface area (Å²) in [6.45, 7) is 0.808. The summed E-state index contributed by atoms with van der Waals surface area (Å²) >= 11 is 5.94. The molecule has 3 amide bonds. The van der Waals surface area contributed by atoms with Crippen LogP contribution in [0.2, 0.25) is 5.02 Å². The molecule has 4 rings (SSSR count). The number of nitrogens with one attached hydrogen (secondary N) is 2. The molecule has 194 valence electrons. The monoisotopic (exact) mass is 517 g/mol. The van der Waals surface area contributed by atoms with E-state index >= 15 is 0 Å². The first-order valence-electron chi connectivity index (χ1n) is 12.1. The Morgan fingerprint density at radius 3 is 2.69 bits per heavy atom. The number of aliphatic hydroxyl groups excluding tert-OH is 1. The van der Waals surface area contributed by atoms with Crippen molar-refractivity contribution in [2.75, 3.05) is 32.2 Å². The van der Waals surface area contributed by atoms with Crippen molar-refractivity contribution in [1.82, 2.24) is 10.2 Å². The highest BCUT2D eigenvalue weighted by Crippen LogP contribution is 2.28. The molecule has 0 saturated carbocycles. The van der Waals surface area contributed by atoms with Gasteiger partial charge in [-0.2, -0.15) is 0 Å². The van der Waals surface area contributed by atoms with Crippen molar-refractivity contribution in [3.05, 3.63) is 59.1 Å². The van der Waals surface area contributed by atoms with Gasteiger partial charge in [0.15, 0.2) is 0 Å². The van der Waals surface area contributed by atoms with Gasteiger partial charge in [0.2, 0.25) is 5.91 Å². The molecule has 4 atom stereocenters. The van der Waals surface area contributed by atoms with Gasteiger partial charge in [-0.3, -0.25) is 4.79 Å². The number of benzene rings is 2. The van der Waals surface area contributed by atoms with Crippen LogP contribution in [-0.4, -0.2) is 73.2 Å². The van der Waals surface area contributed by atoms with E-state index < -0.39 is 12.2 Å². The van der Waals surface area contributed by atoms with Crippen LogP contribution in [0.4, 0.5) is 10.5 Å². The first kappa shape index (κ1) is 26.2. The van der Waals surface area contributed by atoms with Gasteiger partial charge in [0.1, 0.15) is 11.9 Å². The van der Waals surface area contributed by atoms with E-state index in [0.29, 0.717) is 30.1 Å². The Hall–Kier alpha value is -2.85. The number of hydrogen-bond donors (Lipinski definition) is 3. The maximum Gasteiger partial charge on any atom is 0.322 e. The fraction of sp³-hybridized carbons (Fsp3) is 0.462. The van der Waals surface area contributed by atoms with Crippen LogP contribution in [0.3, 0.4) is 0 Å². The lowest BCUT2D eigenvalue weighted by molar-refractivity contribution is -0.149. The normalized spacial score (nSPS) is 24.1. The van der Waals surface area contributed by atoms with Gasteiger partial charge in [-0.1, -0.05) is 29.8 Å². The number of methoxy groups -OCH3 is 1. The summed E-state index contributed by atoms with van der Waals surface area (Å²) in [6.07, 6.45) is -0.0750. The van der Waals surface area contributed by atoms with Crippen LogP contribution in [0, 0.1) is 0 Å². The average Bonchev–Trinajstić information content (AvgIpc) is 2.87. The minimum Gasteiger partial charge on any atom is -0.496 e. The number of halogens is 1. The lowest BCUT2D eigenvalue weighted by Crippen LogP contribution is -2.58. The zero-order chi connectivity index (χ0) is 25.5. The largest absolute Gasteiger partial charge is 0.496 e. The summed E-state index contributed by atoms with van der Waals surface area (Å²) in [7, 11) is 1.60. The smallest absolute Gasteiger partial charge is 0.322 e. The Balaban J connectivity index is 1.35. The quantitative estimate of drug-likeness (QED) is 0.543. The van der Waals surface area contributed by atoms with Crippen LogP contribution in [0.5, 0.6) is 5.75 Å². The lowest BCUT2D eigenvalue weighted by atomic mass is 9.95. The van der Waals surface area contributed by atoms with Crippen molar-refractivity contribution >= 4 is 29.2 Å². The molecule has 0 aliphatic carbocycles. The van der Waals surface area contributed by atoms with Crippen LogP contribution in [0.25, 0.3) is 0 Å². The summed E-state index contributed by atoms with van der Waals surface area (Å²) in [5, 5.41) is 16.7. The molecule has 0 radical (unpaired) electrons. The van der Waals surface area contributed by atoms with E-state index in [1.54, 1.807) is 36.3 Å². The number of carbonyl (C=O) groups is 2. The summed E-state index contributed by atoms with van der Waals surface area (Å²) in [5.74, 6) is 0.601. The van der Waals surface area contributed by atoms with E-state index in [2.05, 4.69) is 10.6 Å². The topological polar surface area (TPSA) is 109 Å². The molecule has 0 spiro atoms. The molecule has 3 N–H and O–H groups in total. The number of amides is 3. The Labute approximate surface area is 215 Å². The van der Waals surface area contributed by atoms with Gasteiger partial charge < -0.3 is 34.9 Å². The number of β-amino-alcohol motifs (C(OH)–C–C–N with tert-alkyl or cyclic N) is 1. The minimum absolute atomic E-state index is 0.0986. The molecule has 10 heteroatoms. The molecule has 0 unspecified atom stereocenters. The van der Waals surface area contributed by atoms with Gasteiger partial charge in [-0.05, 0) is 43.2 Å². The first-order valence-corrected chi connectivity index (χ1v) is 12.4. The number of ether oxygens (including phenoxy) is 3. The highest BCUT2D eigenvalue weighted by molar-refractivity contribution is 6.30. The zero-order valence-corrected chi connectivity index (χ0v) is 20.9. The number of para-hydroxylation sites is 1. The molecule has 36 heavy (non-hydrogen) atoms. The van der Waals surface area contributed by atoms with E-state index in [1.807, 2.05) is 24.3 Å². The molecule has 9 nitrogen and oxygen atoms in total. The number of rotatable bonds is 6. The SMILES string of the molecule is COc1ccccc1CNC(=O)C[C@H]1CC[C@@H]2[C@H](COC[C@H](O)CN2C(=O)Nc2ccc(Cl)cc2)O1. The molecule has 2 saturated heterocycles. The molecule has 2 aromatic rings. The van der Waals surface area contributed by atoms with Gasteiger partial charge in [-0.15, -0.1) is 0 Å². The molecule has 2 aliphatic rings. The fourth-order valence-electron chi connectivity index (χ4n) is 4.62. The summed E-state index contributed by atoms with van der Waals surface area (Å²) in [4.78, 5) is 27.4. The summed E-state index contributed by atoms with van der Waals surface area (Å²) < 4.78 is 17.2. The van der Waals surface area contributed by atoms with Gasteiger partial charge in [0.25, 0.3) is 0 Å². The van der Waals surface area contributed by atoms with Crippen molar-refractivity contribution in [2.24, 2.45) is 0 Å². The van der Waals surface area contributed by atoms with Gasteiger partial charge >= 0.3 is 6.03 Å². The number of anilines is 1. The Bertz CT molecular complexity index is 1040. The van der Waals surface area contributed by atoms with Crippen molar-refractivity contribution in [2.45, 2.75) is 50.2 Å². The van der Waals surface area contributed by atoms with E-state index in [1.165, 1.54) is 0 Å². The van der Waals surface area contributed by atoms with Crippen LogP contribution in [0.15, 0.2) is 48.5 Å². The molecule has 2 aromatic carbocycles. The van der Waals surface area contributed by atoms with Crippen molar-refractivity contribution in [3.63, 3.8) is 0 Å². The van der Waals surface area contributed by atoms with E-state index in [9.17, 15) is 14.7 Å². The number of carbonyl (C=O) groups excluding carboxylic acids is 2. The van der Waals surface area contributed by atoms with Crippen molar-refractivity contribution in [3.8, 4) is 5.75 Å². The first-order chi connectivity index (χ1) is 17.4. The third-order valence-corrected chi connectivity index (χ3v) is 6.67. The van der Waals surface area contributed by atoms with Crippen LogP contribution in [0.1, 0.15) is 24.8 Å². The number of hydrogen-bond acceptors (Lipinski definition) is 6. The van der Waals surface area contributed by atoms with Crippen molar-refractivity contribution < 1.29 is 28.9 Å². The Morgan fingerprint density at radius 2 is 1.92 bits per heavy atom. The second-order valence-corrected chi connectivity index (χ2v) is 9.45. The molecular weight excluding hydrogens is 486 g/mol. The van der Waals surface area contributed by atoms with Gasteiger partial charge in [0.05, 0.1) is 51.5 Å². The number of fused-ring (bicyclic) bond motifs is 1. The van der Waals surface area contributed by atoms with Crippen LogP contribution < -0.4 is 15.4 Å². The zero-order valence-electron chi connectivity index (χ0n) is 20.2. The Kier molecular flexibility index (Phi) is 9.03. The number of aliphatic hydroxyl groups is 1. The van der Waals surface area contributed by atoms with Gasteiger partial charge in [-0.25, -0.2) is 4.79 Å². The fourth-order valence-corrected chi connectivity index (χ4v) is 4.75. The molecule has 2 heterocycles. The van der Waals surface area contributed by atoms with Crippen LogP contribution in [-0.2, 0) is 20.8 Å². The van der Waals surface area contributed by atoms with Crippen molar-refractivity contribution in [1.29, 1.82) is 0 Å². The third-order valence-electron chi connectivity index (χ3n) is 6.42. The molecule has 0 aromatic heterocycles. The van der Waals surface area contributed by atoms with E-state index in [-0.39, 0.29) is 50.3 Å². The van der Waals surface area contributed by atoms with Crippen LogP contribution >= 0.6 is 11.6 Å². The van der Waals surface area contributed by atoms with E-state index in [0.717, 1.165) is 11.3 Å². The Morgan fingerprint density at radius 1 is 1.14 bits per heavy atom. The molecular formula is C26H32ClN3O6. The number of urea groups is 1. The maximum atomic E-state index is 13.1. The summed E-state index contributed by atoms with van der Waals surface area (Å²) in [5.41, 5.74) is 1.50. The standard InChI is InChI=1S/C26H32ClN3O6/c1-34-23-5-3-2-4-17(23)13-28-25(32)12-21-10-11-22-24(36-21)16-35-15-20(31)14-30(22)26(33)29-19-8-6-18(27)7-9-19/h2-9,20-22,24,31H,10-16H2,1H3,(H,28,32)(H,29,33)/t20-,21-,22-,24+/m1/s1. The minimum atomic E-state index is -0.805. The van der Waals surface area contributed by atoms with Gasteiger partial charge in [0, 0.05) is 22.8 Å². The summed E-state index contributed by atoms with van der Waals surface area (Å²) in [6, 6.07) is 13.8. The molecule has 2 fully saturated rings. The maximum absolute atomic E-state index is 13.1. The third kappa shape index (κ3) is 6.88. The average molecular weight is 518 g/mol. The predicted molar refractivity (Wildman–Crippen MR) is 135 cm³/mol.